The van der Waals surface area contributed by atoms with Crippen LogP contribution in [-0.2, 0) is 15.9 Å². The van der Waals surface area contributed by atoms with Crippen LogP contribution in [0.25, 0.3) is 0 Å². The number of ether oxygens (including phenoxy) is 2. The second-order valence-electron chi connectivity index (χ2n) is 5.68. The van der Waals surface area contributed by atoms with Gasteiger partial charge in [-0.15, -0.1) is 0 Å². The molecule has 2 fully saturated rings. The van der Waals surface area contributed by atoms with Gasteiger partial charge in [-0.25, -0.2) is 0 Å². The van der Waals surface area contributed by atoms with Gasteiger partial charge in [-0.3, -0.25) is 0 Å². The molecule has 2 N–H and O–H groups in total. The van der Waals surface area contributed by atoms with Crippen LogP contribution in [0.4, 0.5) is 0 Å². The van der Waals surface area contributed by atoms with Crippen molar-refractivity contribution in [3.63, 3.8) is 0 Å². The molecule has 2 aliphatic rings. The maximum absolute atomic E-state index is 10.7. The second-order valence-corrected chi connectivity index (χ2v) is 5.68. The fraction of sp³-hybridized carbons (Fsp3) is 0.600. The molecule has 0 bridgehead atoms. The number of phenolic OH excluding ortho intramolecular Hbond substituents is 1. The maximum atomic E-state index is 10.7. The number of benzene rings is 1. The van der Waals surface area contributed by atoms with Crippen molar-refractivity contribution in [3.05, 3.63) is 29.8 Å². The van der Waals surface area contributed by atoms with Crippen LogP contribution in [0.15, 0.2) is 24.3 Å². The Hall–Kier alpha value is -1.10. The van der Waals surface area contributed by atoms with Crippen molar-refractivity contribution in [2.45, 2.75) is 43.5 Å². The van der Waals surface area contributed by atoms with E-state index in [1.165, 1.54) is 0 Å². The van der Waals surface area contributed by atoms with Gasteiger partial charge in [-0.1, -0.05) is 12.1 Å². The molecule has 19 heavy (non-hydrogen) atoms. The Balaban J connectivity index is 1.65. The van der Waals surface area contributed by atoms with Crippen molar-refractivity contribution < 1.29 is 19.7 Å². The minimum atomic E-state index is -0.714. The zero-order chi connectivity index (χ0) is 13.3. The second kappa shape index (κ2) is 4.78. The van der Waals surface area contributed by atoms with Gasteiger partial charge < -0.3 is 19.7 Å². The minimum Gasteiger partial charge on any atom is -0.508 e. The van der Waals surface area contributed by atoms with E-state index >= 15 is 0 Å². The third-order valence-corrected chi connectivity index (χ3v) is 4.20. The standard InChI is InChI=1S/C15H20O4/c16-13-3-1-2-12(10-13)11-14(17)4-6-15(7-5-14)18-8-9-19-15/h1-3,10,16-17H,4-9,11H2. The topological polar surface area (TPSA) is 58.9 Å². The molecule has 0 atom stereocenters. The SMILES string of the molecule is Oc1cccc(CC2(O)CCC3(CC2)OCCO3)c1. The van der Waals surface area contributed by atoms with Crippen LogP contribution in [0.3, 0.4) is 0 Å². The predicted octanol–water partition coefficient (Wildman–Crippen LogP) is 1.98. The summed E-state index contributed by atoms with van der Waals surface area (Å²) in [5.41, 5.74) is 0.251. The molecule has 0 unspecified atom stereocenters. The molecule has 1 aromatic rings. The molecular formula is C15H20O4. The van der Waals surface area contributed by atoms with E-state index in [0.717, 1.165) is 18.4 Å². The summed E-state index contributed by atoms with van der Waals surface area (Å²) in [5, 5.41) is 20.1. The summed E-state index contributed by atoms with van der Waals surface area (Å²) in [4.78, 5) is 0. The molecule has 1 aliphatic carbocycles. The van der Waals surface area contributed by atoms with Crippen LogP contribution in [0.2, 0.25) is 0 Å². The first kappa shape index (κ1) is 12.9. The summed E-state index contributed by atoms with van der Waals surface area (Å²) in [5.74, 6) is -0.193. The Morgan fingerprint density at radius 3 is 2.37 bits per heavy atom. The average molecular weight is 264 g/mol. The van der Waals surface area contributed by atoms with Crippen molar-refractivity contribution in [1.29, 1.82) is 0 Å². The van der Waals surface area contributed by atoms with Gasteiger partial charge in [0.05, 0.1) is 18.8 Å². The number of phenols is 1. The van der Waals surface area contributed by atoms with Crippen LogP contribution in [0, 0.1) is 0 Å². The molecule has 4 nitrogen and oxygen atoms in total. The Kier molecular flexibility index (Phi) is 3.25. The molecule has 104 valence electrons. The van der Waals surface area contributed by atoms with Gasteiger partial charge in [0.1, 0.15) is 5.75 Å². The molecule has 1 aromatic carbocycles. The highest BCUT2D eigenvalue weighted by Gasteiger charge is 2.45. The minimum absolute atomic E-state index is 0.246. The molecule has 1 saturated heterocycles. The van der Waals surface area contributed by atoms with Crippen LogP contribution >= 0.6 is 0 Å². The highest BCUT2D eigenvalue weighted by Crippen LogP contribution is 2.41. The van der Waals surface area contributed by atoms with Crippen LogP contribution < -0.4 is 0 Å². The Labute approximate surface area is 113 Å². The lowest BCUT2D eigenvalue weighted by Gasteiger charge is -2.40. The van der Waals surface area contributed by atoms with Crippen LogP contribution in [0.5, 0.6) is 5.75 Å². The summed E-state index contributed by atoms with van der Waals surface area (Å²) in [6, 6.07) is 7.10. The van der Waals surface area contributed by atoms with E-state index in [9.17, 15) is 10.2 Å². The Morgan fingerprint density at radius 2 is 1.74 bits per heavy atom. The van der Waals surface area contributed by atoms with Crippen molar-refractivity contribution in [3.8, 4) is 5.75 Å². The first-order chi connectivity index (χ1) is 9.09. The normalized spacial score (nSPS) is 24.7. The van der Waals surface area contributed by atoms with Gasteiger partial charge in [-0.05, 0) is 30.5 Å². The molecule has 3 rings (SSSR count). The fourth-order valence-corrected chi connectivity index (χ4v) is 3.11. The van der Waals surface area contributed by atoms with E-state index in [1.807, 2.05) is 12.1 Å². The molecule has 0 radical (unpaired) electrons. The first-order valence-corrected chi connectivity index (χ1v) is 6.88. The van der Waals surface area contributed by atoms with Crippen molar-refractivity contribution in [1.82, 2.24) is 0 Å². The molecule has 0 amide bonds. The summed E-state index contributed by atoms with van der Waals surface area (Å²) in [6.45, 7) is 1.32. The summed E-state index contributed by atoms with van der Waals surface area (Å²) < 4.78 is 11.3. The number of hydrogen-bond donors (Lipinski definition) is 2. The maximum Gasteiger partial charge on any atom is 0.168 e. The van der Waals surface area contributed by atoms with Crippen molar-refractivity contribution in [2.24, 2.45) is 0 Å². The Bertz CT molecular complexity index is 441. The summed E-state index contributed by atoms with van der Waals surface area (Å²) >= 11 is 0. The monoisotopic (exact) mass is 264 g/mol. The van der Waals surface area contributed by atoms with E-state index in [-0.39, 0.29) is 5.75 Å². The number of hydrogen-bond acceptors (Lipinski definition) is 4. The third-order valence-electron chi connectivity index (χ3n) is 4.20. The van der Waals surface area contributed by atoms with E-state index in [4.69, 9.17) is 9.47 Å². The van der Waals surface area contributed by atoms with Crippen LogP contribution in [-0.4, -0.2) is 34.8 Å². The highest BCUT2D eigenvalue weighted by molar-refractivity contribution is 5.28. The smallest absolute Gasteiger partial charge is 0.168 e. The molecular weight excluding hydrogens is 244 g/mol. The largest absolute Gasteiger partial charge is 0.508 e. The third kappa shape index (κ3) is 2.76. The van der Waals surface area contributed by atoms with Gasteiger partial charge in [0.25, 0.3) is 0 Å². The lowest BCUT2D eigenvalue weighted by molar-refractivity contribution is -0.202. The zero-order valence-electron chi connectivity index (χ0n) is 11.0. The molecule has 4 heteroatoms. The quantitative estimate of drug-likeness (QED) is 0.857. The lowest BCUT2D eigenvalue weighted by Crippen LogP contribution is -2.44. The summed E-state index contributed by atoms with van der Waals surface area (Å²) in [7, 11) is 0. The zero-order valence-corrected chi connectivity index (χ0v) is 11.0. The molecule has 1 spiro atoms. The Morgan fingerprint density at radius 1 is 1.05 bits per heavy atom. The van der Waals surface area contributed by atoms with Gasteiger partial charge in [0, 0.05) is 19.3 Å². The molecule has 1 heterocycles. The number of aliphatic hydroxyl groups is 1. The summed E-state index contributed by atoms with van der Waals surface area (Å²) in [6.07, 6.45) is 3.38. The molecule has 1 saturated carbocycles. The van der Waals surface area contributed by atoms with Gasteiger partial charge in [-0.2, -0.15) is 0 Å². The van der Waals surface area contributed by atoms with E-state index in [0.29, 0.717) is 32.5 Å². The lowest BCUT2D eigenvalue weighted by atomic mass is 9.78. The van der Waals surface area contributed by atoms with E-state index in [1.54, 1.807) is 12.1 Å². The van der Waals surface area contributed by atoms with E-state index < -0.39 is 11.4 Å². The first-order valence-electron chi connectivity index (χ1n) is 6.88. The highest BCUT2D eigenvalue weighted by atomic mass is 16.7. The molecule has 1 aliphatic heterocycles. The predicted molar refractivity (Wildman–Crippen MR) is 69.9 cm³/mol. The van der Waals surface area contributed by atoms with E-state index in [2.05, 4.69) is 0 Å². The number of rotatable bonds is 2. The van der Waals surface area contributed by atoms with Gasteiger partial charge >= 0.3 is 0 Å². The van der Waals surface area contributed by atoms with Crippen molar-refractivity contribution >= 4 is 0 Å². The van der Waals surface area contributed by atoms with Crippen LogP contribution in [0.1, 0.15) is 31.2 Å². The average Bonchev–Trinajstić information content (AvgIpc) is 2.83. The van der Waals surface area contributed by atoms with Gasteiger partial charge in [0.15, 0.2) is 5.79 Å². The number of aromatic hydroxyl groups is 1. The van der Waals surface area contributed by atoms with Gasteiger partial charge in [0.2, 0.25) is 0 Å². The fourth-order valence-electron chi connectivity index (χ4n) is 3.11. The van der Waals surface area contributed by atoms with Crippen molar-refractivity contribution in [2.75, 3.05) is 13.2 Å². The molecule has 0 aromatic heterocycles.